The molecule has 0 aliphatic heterocycles. The van der Waals surface area contributed by atoms with Crippen LogP contribution in [0.4, 0.5) is 0 Å². The number of rotatable bonds is 2. The van der Waals surface area contributed by atoms with E-state index in [2.05, 4.69) is 13.8 Å². The molecular formula is C8H15N3. The summed E-state index contributed by atoms with van der Waals surface area (Å²) in [5.74, 6) is 0. The zero-order valence-electron chi connectivity index (χ0n) is 7.33. The molecule has 0 saturated carbocycles. The van der Waals surface area contributed by atoms with Crippen LogP contribution in [0.3, 0.4) is 0 Å². The van der Waals surface area contributed by atoms with Crippen molar-refractivity contribution in [3.8, 4) is 0 Å². The van der Waals surface area contributed by atoms with Crippen LogP contribution in [-0.2, 0) is 6.54 Å². The van der Waals surface area contributed by atoms with E-state index in [1.54, 1.807) is 0 Å². The largest absolute Gasteiger partial charge is 0.318 e. The van der Waals surface area contributed by atoms with Gasteiger partial charge in [0.15, 0.2) is 0 Å². The SMILES string of the molecule is CCn1ccn(C(C)C)c1=N. The normalized spacial score (nSPS) is 10.9. The van der Waals surface area contributed by atoms with Crippen LogP contribution in [0, 0.1) is 5.41 Å². The molecule has 0 fully saturated rings. The van der Waals surface area contributed by atoms with Gasteiger partial charge in [-0.1, -0.05) is 0 Å². The molecule has 0 spiro atoms. The van der Waals surface area contributed by atoms with Crippen LogP contribution in [-0.4, -0.2) is 9.13 Å². The van der Waals surface area contributed by atoms with E-state index in [0.29, 0.717) is 11.7 Å². The van der Waals surface area contributed by atoms with Crippen LogP contribution in [0.5, 0.6) is 0 Å². The van der Waals surface area contributed by atoms with Crippen LogP contribution in [0.25, 0.3) is 0 Å². The summed E-state index contributed by atoms with van der Waals surface area (Å²) in [6.45, 7) is 7.08. The average Bonchev–Trinajstić information content (AvgIpc) is 2.30. The maximum Gasteiger partial charge on any atom is 0.202 e. The molecule has 0 aliphatic rings. The first-order valence-electron chi connectivity index (χ1n) is 3.98. The number of imidazole rings is 1. The monoisotopic (exact) mass is 153 g/mol. The summed E-state index contributed by atoms with van der Waals surface area (Å²) >= 11 is 0. The Hall–Kier alpha value is -0.990. The number of nitrogens with zero attached hydrogens (tertiary/aromatic N) is 2. The van der Waals surface area contributed by atoms with Crippen LogP contribution in [0.15, 0.2) is 12.4 Å². The third kappa shape index (κ3) is 1.37. The Balaban J connectivity index is 3.11. The van der Waals surface area contributed by atoms with E-state index < -0.39 is 0 Å². The van der Waals surface area contributed by atoms with Gasteiger partial charge in [0.25, 0.3) is 0 Å². The van der Waals surface area contributed by atoms with Gasteiger partial charge in [-0.3, -0.25) is 5.41 Å². The third-order valence-corrected chi connectivity index (χ3v) is 1.82. The molecule has 0 aromatic carbocycles. The van der Waals surface area contributed by atoms with Crippen LogP contribution in [0.2, 0.25) is 0 Å². The fraction of sp³-hybridized carbons (Fsp3) is 0.625. The molecule has 1 N–H and O–H groups in total. The van der Waals surface area contributed by atoms with Crippen LogP contribution >= 0.6 is 0 Å². The second-order valence-electron chi connectivity index (χ2n) is 2.91. The first-order chi connectivity index (χ1) is 5.16. The summed E-state index contributed by atoms with van der Waals surface area (Å²) in [4.78, 5) is 0. The molecule has 0 amide bonds. The van der Waals surface area contributed by atoms with Gasteiger partial charge < -0.3 is 9.13 Å². The minimum absolute atomic E-state index is 0.385. The van der Waals surface area contributed by atoms with Gasteiger partial charge in [-0.2, -0.15) is 0 Å². The second kappa shape index (κ2) is 2.95. The highest BCUT2D eigenvalue weighted by atomic mass is 15.2. The third-order valence-electron chi connectivity index (χ3n) is 1.82. The highest BCUT2D eigenvalue weighted by Gasteiger charge is 2.00. The number of aromatic nitrogens is 2. The molecule has 1 heterocycles. The van der Waals surface area contributed by atoms with Gasteiger partial charge in [0.05, 0.1) is 0 Å². The Labute approximate surface area is 66.8 Å². The van der Waals surface area contributed by atoms with Crippen molar-refractivity contribution in [1.29, 1.82) is 5.41 Å². The molecule has 3 nitrogen and oxygen atoms in total. The molecular weight excluding hydrogens is 138 g/mol. The summed E-state index contributed by atoms with van der Waals surface area (Å²) < 4.78 is 3.86. The smallest absolute Gasteiger partial charge is 0.202 e. The van der Waals surface area contributed by atoms with E-state index in [4.69, 9.17) is 5.41 Å². The van der Waals surface area contributed by atoms with Gasteiger partial charge in [-0.25, -0.2) is 0 Å². The van der Waals surface area contributed by atoms with Crippen molar-refractivity contribution in [2.24, 2.45) is 0 Å². The molecule has 11 heavy (non-hydrogen) atoms. The Morgan fingerprint density at radius 2 is 2.09 bits per heavy atom. The predicted octanol–water partition coefficient (Wildman–Crippen LogP) is 1.37. The zero-order valence-corrected chi connectivity index (χ0v) is 7.33. The van der Waals surface area contributed by atoms with Gasteiger partial charge in [-0.15, -0.1) is 0 Å². The maximum atomic E-state index is 7.68. The van der Waals surface area contributed by atoms with Gasteiger partial charge in [-0.05, 0) is 20.8 Å². The van der Waals surface area contributed by atoms with E-state index in [-0.39, 0.29) is 0 Å². The number of aryl methyl sites for hydroxylation is 1. The number of hydrogen-bond donors (Lipinski definition) is 1. The quantitative estimate of drug-likeness (QED) is 0.666. The van der Waals surface area contributed by atoms with Crippen LogP contribution < -0.4 is 5.62 Å². The minimum Gasteiger partial charge on any atom is -0.318 e. The highest BCUT2D eigenvalue weighted by Crippen LogP contribution is 1.98. The first kappa shape index (κ1) is 8.11. The molecule has 62 valence electrons. The van der Waals surface area contributed by atoms with Crippen molar-refractivity contribution in [3.05, 3.63) is 18.0 Å². The first-order valence-corrected chi connectivity index (χ1v) is 3.98. The van der Waals surface area contributed by atoms with E-state index in [9.17, 15) is 0 Å². The summed E-state index contributed by atoms with van der Waals surface area (Å²) in [6.07, 6.45) is 3.90. The second-order valence-corrected chi connectivity index (χ2v) is 2.91. The standard InChI is InChI=1S/C8H15N3/c1-4-10-5-6-11(7(2)3)8(10)9/h5-7,9H,4H2,1-3H3. The Morgan fingerprint density at radius 3 is 2.36 bits per heavy atom. The summed E-state index contributed by atoms with van der Waals surface area (Å²) in [6, 6.07) is 0.385. The molecule has 0 bridgehead atoms. The maximum absolute atomic E-state index is 7.68. The molecule has 0 radical (unpaired) electrons. The van der Waals surface area contributed by atoms with Gasteiger partial charge in [0.1, 0.15) is 0 Å². The fourth-order valence-electron chi connectivity index (χ4n) is 1.11. The predicted molar refractivity (Wildman–Crippen MR) is 44.3 cm³/mol. The van der Waals surface area contributed by atoms with E-state index in [0.717, 1.165) is 6.54 Å². The lowest BCUT2D eigenvalue weighted by Crippen LogP contribution is -2.24. The molecule has 0 aliphatic carbocycles. The highest BCUT2D eigenvalue weighted by molar-refractivity contribution is 4.80. The summed E-state index contributed by atoms with van der Waals surface area (Å²) in [7, 11) is 0. The fourth-order valence-corrected chi connectivity index (χ4v) is 1.11. The number of nitrogens with one attached hydrogen (secondary N) is 1. The lowest BCUT2D eigenvalue weighted by atomic mass is 10.4. The van der Waals surface area contributed by atoms with E-state index in [1.807, 2.05) is 28.5 Å². The Kier molecular flexibility index (Phi) is 2.17. The van der Waals surface area contributed by atoms with Crippen LogP contribution in [0.1, 0.15) is 26.8 Å². The lowest BCUT2D eigenvalue weighted by molar-refractivity contribution is 0.538. The van der Waals surface area contributed by atoms with Gasteiger partial charge in [0, 0.05) is 25.0 Å². The molecule has 1 rings (SSSR count). The van der Waals surface area contributed by atoms with Crippen molar-refractivity contribution in [1.82, 2.24) is 9.13 Å². The minimum atomic E-state index is 0.385. The molecule has 0 atom stereocenters. The van der Waals surface area contributed by atoms with Crippen molar-refractivity contribution in [2.45, 2.75) is 33.4 Å². The van der Waals surface area contributed by atoms with Crippen molar-refractivity contribution < 1.29 is 0 Å². The summed E-state index contributed by atoms with van der Waals surface area (Å²) in [5.41, 5.74) is 0.586. The molecule has 1 aromatic heterocycles. The van der Waals surface area contributed by atoms with E-state index in [1.165, 1.54) is 0 Å². The zero-order chi connectivity index (χ0) is 8.43. The molecule has 0 unspecified atom stereocenters. The molecule has 0 saturated heterocycles. The van der Waals surface area contributed by atoms with Crippen molar-refractivity contribution >= 4 is 0 Å². The summed E-state index contributed by atoms with van der Waals surface area (Å²) in [5, 5.41) is 7.68. The van der Waals surface area contributed by atoms with E-state index >= 15 is 0 Å². The Morgan fingerprint density at radius 1 is 1.45 bits per heavy atom. The van der Waals surface area contributed by atoms with Gasteiger partial charge >= 0.3 is 0 Å². The molecule has 1 aromatic rings. The van der Waals surface area contributed by atoms with Gasteiger partial charge in [0.2, 0.25) is 5.62 Å². The topological polar surface area (TPSA) is 33.7 Å². The van der Waals surface area contributed by atoms with Crippen molar-refractivity contribution in [3.63, 3.8) is 0 Å². The Bertz CT molecular complexity index is 280. The lowest BCUT2D eigenvalue weighted by Gasteiger charge is -2.05. The average molecular weight is 153 g/mol. The number of hydrogen-bond acceptors (Lipinski definition) is 1. The van der Waals surface area contributed by atoms with Crippen molar-refractivity contribution in [2.75, 3.05) is 0 Å². The molecule has 3 heteroatoms.